The first kappa shape index (κ1) is 20.1. The van der Waals surface area contributed by atoms with Gasteiger partial charge in [0.1, 0.15) is 18.0 Å². The Kier molecular flexibility index (Phi) is 6.45. The summed E-state index contributed by atoms with van der Waals surface area (Å²) in [4.78, 5) is 14.3. The lowest BCUT2D eigenvalue weighted by Crippen LogP contribution is -2.46. The van der Waals surface area contributed by atoms with Crippen LogP contribution in [0.5, 0.6) is 5.75 Å². The highest BCUT2D eigenvalue weighted by molar-refractivity contribution is 5.68. The van der Waals surface area contributed by atoms with E-state index in [1.807, 2.05) is 51.1 Å². The minimum Gasteiger partial charge on any atom is -0.489 e. The average molecular weight is 383 g/mol. The normalized spacial score (nSPS) is 15.2. The molecule has 1 N–H and O–H groups in total. The van der Waals surface area contributed by atoms with Gasteiger partial charge in [0.05, 0.1) is 0 Å². The van der Waals surface area contributed by atoms with Gasteiger partial charge < -0.3 is 19.7 Å². The van der Waals surface area contributed by atoms with Gasteiger partial charge in [0.2, 0.25) is 0 Å². The molecular weight excluding hydrogens is 352 g/mol. The molecule has 0 unspecified atom stereocenters. The minimum atomic E-state index is -0.463. The summed E-state index contributed by atoms with van der Waals surface area (Å²) in [6.45, 7) is 8.02. The van der Waals surface area contributed by atoms with Gasteiger partial charge in [-0.2, -0.15) is 0 Å². The SMILES string of the molecule is CC(C)(C)OC(=O)NC1CCN(c2ccc(OCc3ccccc3)cc2)CC1. The van der Waals surface area contributed by atoms with Gasteiger partial charge in [0, 0.05) is 24.8 Å². The number of benzene rings is 2. The van der Waals surface area contributed by atoms with Crippen LogP contribution in [0.1, 0.15) is 39.2 Å². The highest BCUT2D eigenvalue weighted by atomic mass is 16.6. The van der Waals surface area contributed by atoms with E-state index in [1.54, 1.807) is 0 Å². The summed E-state index contributed by atoms with van der Waals surface area (Å²) >= 11 is 0. The molecule has 1 fully saturated rings. The molecule has 0 saturated carbocycles. The lowest BCUT2D eigenvalue weighted by atomic mass is 10.0. The molecule has 1 heterocycles. The van der Waals surface area contributed by atoms with E-state index < -0.39 is 5.60 Å². The highest BCUT2D eigenvalue weighted by Gasteiger charge is 2.23. The van der Waals surface area contributed by atoms with Gasteiger partial charge in [-0.1, -0.05) is 30.3 Å². The second kappa shape index (κ2) is 9.00. The van der Waals surface area contributed by atoms with Crippen molar-refractivity contribution in [3.63, 3.8) is 0 Å². The number of piperidine rings is 1. The van der Waals surface area contributed by atoms with Crippen LogP contribution in [0.15, 0.2) is 54.6 Å². The van der Waals surface area contributed by atoms with Gasteiger partial charge in [0.15, 0.2) is 0 Å². The zero-order chi connectivity index (χ0) is 20.0. The smallest absolute Gasteiger partial charge is 0.407 e. The van der Waals surface area contributed by atoms with E-state index in [4.69, 9.17) is 9.47 Å². The molecule has 0 spiro atoms. The molecule has 150 valence electrons. The van der Waals surface area contributed by atoms with Crippen molar-refractivity contribution in [2.75, 3.05) is 18.0 Å². The number of carbonyl (C=O) groups is 1. The maximum absolute atomic E-state index is 11.9. The van der Waals surface area contributed by atoms with Crippen molar-refractivity contribution < 1.29 is 14.3 Å². The van der Waals surface area contributed by atoms with Crippen molar-refractivity contribution in [3.05, 3.63) is 60.2 Å². The standard InChI is InChI=1S/C23H30N2O3/c1-23(2,3)28-22(26)24-19-13-15-25(16-14-19)20-9-11-21(12-10-20)27-17-18-7-5-4-6-8-18/h4-12,19H,13-17H2,1-3H3,(H,24,26). The Labute approximate surface area is 167 Å². The molecule has 28 heavy (non-hydrogen) atoms. The third kappa shape index (κ3) is 6.19. The van der Waals surface area contributed by atoms with Crippen LogP contribution in [0.3, 0.4) is 0 Å². The third-order valence-corrected chi connectivity index (χ3v) is 4.67. The summed E-state index contributed by atoms with van der Waals surface area (Å²) in [7, 11) is 0. The predicted octanol–water partition coefficient (Wildman–Crippen LogP) is 4.76. The summed E-state index contributed by atoms with van der Waals surface area (Å²) in [6.07, 6.45) is 1.49. The van der Waals surface area contributed by atoms with Gasteiger partial charge in [-0.25, -0.2) is 4.79 Å². The minimum absolute atomic E-state index is 0.166. The summed E-state index contributed by atoms with van der Waals surface area (Å²) in [5.74, 6) is 0.870. The van der Waals surface area contributed by atoms with E-state index in [9.17, 15) is 4.79 Å². The fraction of sp³-hybridized carbons (Fsp3) is 0.435. The molecule has 1 aliphatic rings. The van der Waals surface area contributed by atoms with Crippen molar-refractivity contribution in [1.29, 1.82) is 0 Å². The molecule has 0 atom stereocenters. The van der Waals surface area contributed by atoms with Crippen molar-refractivity contribution in [1.82, 2.24) is 5.32 Å². The van der Waals surface area contributed by atoms with E-state index in [-0.39, 0.29) is 12.1 Å². The molecule has 3 rings (SSSR count). The molecule has 5 heteroatoms. The van der Waals surface area contributed by atoms with E-state index in [0.29, 0.717) is 6.61 Å². The highest BCUT2D eigenvalue weighted by Crippen LogP contribution is 2.23. The molecule has 1 amide bonds. The number of rotatable bonds is 5. The van der Waals surface area contributed by atoms with E-state index in [1.165, 1.54) is 5.69 Å². The van der Waals surface area contributed by atoms with Crippen LogP contribution in [0.4, 0.5) is 10.5 Å². The number of alkyl carbamates (subject to hydrolysis) is 1. The number of hydrogen-bond acceptors (Lipinski definition) is 4. The second-order valence-corrected chi connectivity index (χ2v) is 8.18. The van der Waals surface area contributed by atoms with Gasteiger partial charge in [-0.15, -0.1) is 0 Å². The molecule has 1 saturated heterocycles. The molecule has 2 aromatic carbocycles. The maximum Gasteiger partial charge on any atom is 0.407 e. The predicted molar refractivity (Wildman–Crippen MR) is 112 cm³/mol. The summed E-state index contributed by atoms with van der Waals surface area (Å²) in [5, 5.41) is 2.98. The van der Waals surface area contributed by atoms with Crippen LogP contribution < -0.4 is 15.0 Å². The zero-order valence-electron chi connectivity index (χ0n) is 17.0. The van der Waals surface area contributed by atoms with Crippen LogP contribution in [0.25, 0.3) is 0 Å². The Morgan fingerprint density at radius 2 is 1.68 bits per heavy atom. The Balaban J connectivity index is 1.45. The average Bonchev–Trinajstić information content (AvgIpc) is 2.67. The Morgan fingerprint density at radius 3 is 2.29 bits per heavy atom. The number of nitrogens with zero attached hydrogens (tertiary/aromatic N) is 1. The Bertz CT molecular complexity index is 746. The van der Waals surface area contributed by atoms with Crippen LogP contribution in [-0.2, 0) is 11.3 Å². The van der Waals surface area contributed by atoms with Crippen LogP contribution in [0, 0.1) is 0 Å². The van der Waals surface area contributed by atoms with Crippen molar-refractivity contribution in [3.8, 4) is 5.75 Å². The third-order valence-electron chi connectivity index (χ3n) is 4.67. The lowest BCUT2D eigenvalue weighted by Gasteiger charge is -2.34. The molecule has 1 aliphatic heterocycles. The van der Waals surface area contributed by atoms with Crippen molar-refractivity contribution in [2.24, 2.45) is 0 Å². The topological polar surface area (TPSA) is 50.8 Å². The van der Waals surface area contributed by atoms with Crippen molar-refractivity contribution in [2.45, 2.75) is 51.9 Å². The maximum atomic E-state index is 11.9. The molecule has 0 aromatic heterocycles. The number of hydrogen-bond donors (Lipinski definition) is 1. The number of amides is 1. The van der Waals surface area contributed by atoms with Crippen LogP contribution in [0.2, 0.25) is 0 Å². The molecule has 0 radical (unpaired) electrons. The van der Waals surface area contributed by atoms with Crippen molar-refractivity contribution >= 4 is 11.8 Å². The van der Waals surface area contributed by atoms with E-state index in [2.05, 4.69) is 34.5 Å². The largest absolute Gasteiger partial charge is 0.489 e. The lowest BCUT2D eigenvalue weighted by molar-refractivity contribution is 0.0497. The second-order valence-electron chi connectivity index (χ2n) is 8.18. The molecule has 0 bridgehead atoms. The fourth-order valence-corrected chi connectivity index (χ4v) is 3.25. The Hall–Kier alpha value is -2.69. The molecule has 2 aromatic rings. The number of ether oxygens (including phenoxy) is 2. The number of carbonyl (C=O) groups excluding carboxylic acids is 1. The first-order valence-electron chi connectivity index (χ1n) is 9.90. The van der Waals surface area contributed by atoms with Gasteiger partial charge in [-0.3, -0.25) is 0 Å². The Morgan fingerprint density at radius 1 is 1.04 bits per heavy atom. The van der Waals surface area contributed by atoms with Crippen LogP contribution in [-0.4, -0.2) is 30.8 Å². The quantitative estimate of drug-likeness (QED) is 0.810. The first-order chi connectivity index (χ1) is 13.4. The van der Waals surface area contributed by atoms with Gasteiger partial charge in [-0.05, 0) is 63.4 Å². The van der Waals surface area contributed by atoms with Gasteiger partial charge in [0.25, 0.3) is 0 Å². The zero-order valence-corrected chi connectivity index (χ0v) is 17.0. The monoisotopic (exact) mass is 382 g/mol. The number of nitrogens with one attached hydrogen (secondary N) is 1. The summed E-state index contributed by atoms with van der Waals surface area (Å²) in [6, 6.07) is 18.6. The molecule has 0 aliphatic carbocycles. The van der Waals surface area contributed by atoms with Gasteiger partial charge >= 0.3 is 6.09 Å². The molecule has 5 nitrogen and oxygen atoms in total. The van der Waals surface area contributed by atoms with E-state index >= 15 is 0 Å². The first-order valence-corrected chi connectivity index (χ1v) is 9.90. The summed E-state index contributed by atoms with van der Waals surface area (Å²) < 4.78 is 11.2. The summed E-state index contributed by atoms with van der Waals surface area (Å²) in [5.41, 5.74) is 1.88. The fourth-order valence-electron chi connectivity index (χ4n) is 3.25. The van der Waals surface area contributed by atoms with E-state index in [0.717, 1.165) is 37.2 Å². The number of anilines is 1. The van der Waals surface area contributed by atoms with Crippen LogP contribution >= 0.6 is 0 Å². The molecular formula is C23H30N2O3.